The largest absolute Gasteiger partial charge is 0.346 e. The van der Waals surface area contributed by atoms with Crippen molar-refractivity contribution in [1.29, 1.82) is 0 Å². The van der Waals surface area contributed by atoms with Crippen LogP contribution in [0.3, 0.4) is 0 Å². The van der Waals surface area contributed by atoms with Crippen LogP contribution in [0.4, 0.5) is 14.5 Å². The van der Waals surface area contributed by atoms with Crippen LogP contribution in [0.1, 0.15) is 19.8 Å². The average Bonchev–Trinajstić information content (AvgIpc) is 2.88. The molecule has 2 N–H and O–H groups in total. The highest BCUT2D eigenvalue weighted by Crippen LogP contribution is 2.12. The van der Waals surface area contributed by atoms with Crippen molar-refractivity contribution >= 4 is 23.4 Å². The minimum atomic E-state index is -1.06. The Labute approximate surface area is 156 Å². The second kappa shape index (κ2) is 9.96. The maximum atomic E-state index is 13.1. The van der Waals surface area contributed by atoms with Gasteiger partial charge < -0.3 is 15.5 Å². The minimum Gasteiger partial charge on any atom is -0.346 e. The van der Waals surface area contributed by atoms with Gasteiger partial charge in [-0.25, -0.2) is 8.78 Å². The smallest absolute Gasteiger partial charge is 0.243 e. The lowest BCUT2D eigenvalue weighted by molar-refractivity contribution is -0.130. The van der Waals surface area contributed by atoms with Gasteiger partial charge in [0.1, 0.15) is 0 Å². The fraction of sp³-hybridized carbons (Fsp3) is 0.500. The molecule has 0 aromatic heterocycles. The molecule has 0 spiro atoms. The van der Waals surface area contributed by atoms with Gasteiger partial charge in [0, 0.05) is 44.4 Å². The predicted molar refractivity (Wildman–Crippen MR) is 95.9 cm³/mol. The quantitative estimate of drug-likeness (QED) is 0.768. The Hall–Kier alpha value is -2.55. The summed E-state index contributed by atoms with van der Waals surface area (Å²) in [6, 6.07) is 3.02. The maximum absolute atomic E-state index is 13.1. The molecule has 1 aliphatic rings. The predicted octanol–water partition coefficient (Wildman–Crippen LogP) is 0.964. The number of hydrogen-bond donors (Lipinski definition) is 2. The van der Waals surface area contributed by atoms with Crippen molar-refractivity contribution < 1.29 is 23.2 Å². The van der Waals surface area contributed by atoms with Crippen molar-refractivity contribution in [2.24, 2.45) is 0 Å². The Balaban J connectivity index is 1.73. The maximum Gasteiger partial charge on any atom is 0.243 e. The van der Waals surface area contributed by atoms with Crippen molar-refractivity contribution in [1.82, 2.24) is 15.1 Å². The average molecular weight is 382 g/mol. The van der Waals surface area contributed by atoms with Gasteiger partial charge in [0.15, 0.2) is 11.6 Å². The second-order valence-corrected chi connectivity index (χ2v) is 6.32. The molecule has 3 amide bonds. The van der Waals surface area contributed by atoms with E-state index in [1.165, 1.54) is 6.07 Å². The molecule has 27 heavy (non-hydrogen) atoms. The molecule has 0 unspecified atom stereocenters. The summed E-state index contributed by atoms with van der Waals surface area (Å²) in [5.74, 6) is -2.81. The zero-order valence-corrected chi connectivity index (χ0v) is 15.3. The van der Waals surface area contributed by atoms with E-state index in [9.17, 15) is 23.2 Å². The minimum absolute atomic E-state index is 0.107. The van der Waals surface area contributed by atoms with Crippen LogP contribution in [0, 0.1) is 11.6 Å². The SMILES string of the molecule is CCC(=O)N1CCCN(CC(=O)NCC(=O)Nc2ccc(F)c(F)c2)CC1. The highest BCUT2D eigenvalue weighted by molar-refractivity contribution is 5.94. The van der Waals surface area contributed by atoms with Crippen LogP contribution in [0.15, 0.2) is 18.2 Å². The third-order valence-electron chi connectivity index (χ3n) is 4.26. The summed E-state index contributed by atoms with van der Waals surface area (Å²) < 4.78 is 26.0. The molecule has 0 aliphatic carbocycles. The van der Waals surface area contributed by atoms with Crippen molar-refractivity contribution in [3.05, 3.63) is 29.8 Å². The van der Waals surface area contributed by atoms with Gasteiger partial charge in [-0.2, -0.15) is 0 Å². The highest BCUT2D eigenvalue weighted by Gasteiger charge is 2.19. The van der Waals surface area contributed by atoms with E-state index in [-0.39, 0.29) is 30.6 Å². The lowest BCUT2D eigenvalue weighted by Gasteiger charge is -2.21. The van der Waals surface area contributed by atoms with Gasteiger partial charge in [0.2, 0.25) is 17.7 Å². The number of carbonyl (C=O) groups is 3. The molecule has 0 saturated carbocycles. The zero-order chi connectivity index (χ0) is 19.8. The Kier molecular flexibility index (Phi) is 7.66. The summed E-state index contributed by atoms with van der Waals surface area (Å²) in [7, 11) is 0. The molecule has 2 rings (SSSR count). The molecule has 1 heterocycles. The van der Waals surface area contributed by atoms with Crippen molar-refractivity contribution in [3.8, 4) is 0 Å². The fourth-order valence-corrected chi connectivity index (χ4v) is 2.82. The first-order valence-electron chi connectivity index (χ1n) is 8.90. The highest BCUT2D eigenvalue weighted by atomic mass is 19.2. The molecule has 1 aromatic rings. The van der Waals surface area contributed by atoms with E-state index < -0.39 is 17.5 Å². The van der Waals surface area contributed by atoms with Crippen LogP contribution >= 0.6 is 0 Å². The van der Waals surface area contributed by atoms with Crippen LogP contribution in [0.2, 0.25) is 0 Å². The Morgan fingerprint density at radius 2 is 1.81 bits per heavy atom. The zero-order valence-electron chi connectivity index (χ0n) is 15.3. The Bertz CT molecular complexity index is 699. The molecule has 1 aliphatic heterocycles. The van der Waals surface area contributed by atoms with Crippen molar-refractivity contribution in [2.45, 2.75) is 19.8 Å². The molecule has 1 saturated heterocycles. The lowest BCUT2D eigenvalue weighted by atomic mass is 10.3. The topological polar surface area (TPSA) is 81.8 Å². The van der Waals surface area contributed by atoms with Gasteiger partial charge in [0.05, 0.1) is 13.1 Å². The molecule has 0 radical (unpaired) electrons. The lowest BCUT2D eigenvalue weighted by Crippen LogP contribution is -2.42. The number of halogens is 2. The molecule has 9 heteroatoms. The third kappa shape index (κ3) is 6.59. The van der Waals surface area contributed by atoms with Crippen LogP contribution < -0.4 is 10.6 Å². The van der Waals surface area contributed by atoms with E-state index in [0.717, 1.165) is 18.6 Å². The molecule has 148 valence electrons. The van der Waals surface area contributed by atoms with E-state index in [2.05, 4.69) is 10.6 Å². The first-order valence-corrected chi connectivity index (χ1v) is 8.90. The first kappa shape index (κ1) is 20.8. The van der Waals surface area contributed by atoms with Crippen molar-refractivity contribution in [2.75, 3.05) is 44.6 Å². The van der Waals surface area contributed by atoms with Gasteiger partial charge in [-0.1, -0.05) is 6.92 Å². The number of amides is 3. The number of benzene rings is 1. The standard InChI is InChI=1S/C18H24F2N4O3/c1-2-18(27)24-7-3-6-23(8-9-24)12-17(26)21-11-16(25)22-13-4-5-14(19)15(20)10-13/h4-5,10H,2-3,6-9,11-12H2,1H3,(H,21,26)(H,22,25). The summed E-state index contributed by atoms with van der Waals surface area (Å²) in [6.07, 6.45) is 1.25. The Morgan fingerprint density at radius 3 is 2.52 bits per heavy atom. The summed E-state index contributed by atoms with van der Waals surface area (Å²) in [5.41, 5.74) is 0.112. The summed E-state index contributed by atoms with van der Waals surface area (Å²) >= 11 is 0. The second-order valence-electron chi connectivity index (χ2n) is 6.32. The summed E-state index contributed by atoms with van der Waals surface area (Å²) in [6.45, 7) is 4.24. The number of nitrogens with zero attached hydrogens (tertiary/aromatic N) is 2. The number of carbonyl (C=O) groups excluding carboxylic acids is 3. The van der Waals surface area contributed by atoms with E-state index >= 15 is 0 Å². The van der Waals surface area contributed by atoms with Crippen molar-refractivity contribution in [3.63, 3.8) is 0 Å². The van der Waals surface area contributed by atoms with Crippen LogP contribution in [-0.4, -0.2) is 66.8 Å². The normalized spacial score (nSPS) is 15.1. The molecule has 7 nitrogen and oxygen atoms in total. The van der Waals surface area contributed by atoms with E-state index in [0.29, 0.717) is 32.6 Å². The molecule has 0 bridgehead atoms. The molecule has 1 aromatic carbocycles. The van der Waals surface area contributed by atoms with Crippen LogP contribution in [0.5, 0.6) is 0 Å². The van der Waals surface area contributed by atoms with Gasteiger partial charge in [0.25, 0.3) is 0 Å². The summed E-state index contributed by atoms with van der Waals surface area (Å²) in [4.78, 5) is 39.3. The van der Waals surface area contributed by atoms with Gasteiger partial charge in [-0.05, 0) is 18.6 Å². The van der Waals surface area contributed by atoms with E-state index in [1.807, 2.05) is 11.8 Å². The number of rotatable bonds is 6. The van der Waals surface area contributed by atoms with Crippen LogP contribution in [-0.2, 0) is 14.4 Å². The number of nitrogens with one attached hydrogen (secondary N) is 2. The molecular formula is C18H24F2N4O3. The monoisotopic (exact) mass is 382 g/mol. The first-order chi connectivity index (χ1) is 12.9. The van der Waals surface area contributed by atoms with E-state index in [4.69, 9.17) is 0 Å². The molecular weight excluding hydrogens is 358 g/mol. The van der Waals surface area contributed by atoms with Crippen LogP contribution in [0.25, 0.3) is 0 Å². The fourth-order valence-electron chi connectivity index (χ4n) is 2.82. The van der Waals surface area contributed by atoms with Gasteiger partial charge >= 0.3 is 0 Å². The van der Waals surface area contributed by atoms with E-state index in [1.54, 1.807) is 4.90 Å². The van der Waals surface area contributed by atoms with Gasteiger partial charge in [-0.15, -0.1) is 0 Å². The number of hydrogen-bond acceptors (Lipinski definition) is 4. The molecule has 0 atom stereocenters. The Morgan fingerprint density at radius 1 is 1.04 bits per heavy atom. The third-order valence-corrected chi connectivity index (χ3v) is 4.26. The molecule has 1 fully saturated rings. The number of anilines is 1. The summed E-state index contributed by atoms with van der Waals surface area (Å²) in [5, 5.41) is 4.89. The van der Waals surface area contributed by atoms with Gasteiger partial charge in [-0.3, -0.25) is 19.3 Å².